The number of amides is 1. The van der Waals surface area contributed by atoms with E-state index in [9.17, 15) is 4.79 Å². The number of piperidine rings is 1. The van der Waals surface area contributed by atoms with E-state index in [1.807, 2.05) is 0 Å². The molecule has 3 heteroatoms. The molecule has 3 aliphatic heterocycles. The van der Waals surface area contributed by atoms with Crippen LogP contribution >= 0.6 is 0 Å². The van der Waals surface area contributed by atoms with Crippen molar-refractivity contribution in [2.24, 2.45) is 5.92 Å². The molecule has 3 saturated heterocycles. The fraction of sp³-hybridized carbons (Fsp3) is 0.909. The summed E-state index contributed by atoms with van der Waals surface area (Å²) < 4.78 is 0. The van der Waals surface area contributed by atoms with Gasteiger partial charge in [-0.25, -0.2) is 0 Å². The van der Waals surface area contributed by atoms with Gasteiger partial charge in [0.1, 0.15) is 0 Å². The van der Waals surface area contributed by atoms with Gasteiger partial charge in [0.25, 0.3) is 0 Å². The molecule has 2 bridgehead atoms. The molecule has 80 valence electrons. The van der Waals surface area contributed by atoms with E-state index < -0.39 is 0 Å². The van der Waals surface area contributed by atoms with Crippen LogP contribution in [0.4, 0.5) is 0 Å². The third-order valence-electron chi connectivity index (χ3n) is 3.90. The minimum atomic E-state index is 0.0527. The van der Waals surface area contributed by atoms with Crippen LogP contribution in [0.15, 0.2) is 0 Å². The zero-order valence-corrected chi connectivity index (χ0v) is 9.18. The molecule has 3 rings (SSSR count). The third kappa shape index (κ3) is 1.78. The van der Waals surface area contributed by atoms with Gasteiger partial charge in [-0.1, -0.05) is 0 Å². The molecule has 1 N–H and O–H groups in total. The van der Waals surface area contributed by atoms with Crippen molar-refractivity contribution in [2.45, 2.75) is 38.6 Å². The topological polar surface area (TPSA) is 32.3 Å². The number of fused-ring (bicyclic) bond motifs is 4. The number of carbonyl (C=O) groups is 1. The van der Waals surface area contributed by atoms with Gasteiger partial charge in [0, 0.05) is 19.0 Å². The van der Waals surface area contributed by atoms with Crippen LogP contribution in [-0.4, -0.2) is 36.0 Å². The average Bonchev–Trinajstić information content (AvgIpc) is 2.36. The van der Waals surface area contributed by atoms with Crippen molar-refractivity contribution in [2.75, 3.05) is 19.6 Å². The van der Waals surface area contributed by atoms with Crippen molar-refractivity contribution in [1.82, 2.24) is 10.2 Å². The Bertz CT molecular complexity index is 233. The smallest absolute Gasteiger partial charge is 0.217 e. The van der Waals surface area contributed by atoms with E-state index in [1.54, 1.807) is 6.92 Å². The predicted molar refractivity (Wildman–Crippen MR) is 56.0 cm³/mol. The second-order valence-electron chi connectivity index (χ2n) is 4.96. The zero-order valence-electron chi connectivity index (χ0n) is 9.18. The zero-order chi connectivity index (χ0) is 10.2. The van der Waals surface area contributed by atoms with Gasteiger partial charge < -0.3 is 10.2 Å². The third-order valence-corrected chi connectivity index (χ3v) is 3.90. The van der Waals surface area contributed by atoms with E-state index in [4.69, 9.17) is 0 Å². The van der Waals surface area contributed by atoms with E-state index >= 15 is 0 Å². The summed E-state index contributed by atoms with van der Waals surface area (Å²) >= 11 is 0. The van der Waals surface area contributed by atoms with E-state index in [2.05, 4.69) is 17.1 Å². The van der Waals surface area contributed by atoms with Crippen LogP contribution in [0.3, 0.4) is 0 Å². The molecule has 3 nitrogen and oxygen atoms in total. The Hall–Kier alpha value is -0.570. The molecule has 0 unspecified atom stereocenters. The lowest BCUT2D eigenvalue weighted by Crippen LogP contribution is -2.50. The molecule has 3 heterocycles. The minimum absolute atomic E-state index is 0.0527. The first kappa shape index (κ1) is 9.97. The summed E-state index contributed by atoms with van der Waals surface area (Å²) in [6.07, 6.45) is 3.60. The molecule has 3 aliphatic rings. The summed E-state index contributed by atoms with van der Waals surface area (Å²) in [5.74, 6) is 0.804. The first-order chi connectivity index (χ1) is 6.60. The summed E-state index contributed by atoms with van der Waals surface area (Å²) in [6, 6.07) is 0. The summed E-state index contributed by atoms with van der Waals surface area (Å²) in [5, 5.41) is 3.16. The van der Waals surface area contributed by atoms with Crippen LogP contribution in [0.25, 0.3) is 0 Å². The van der Waals surface area contributed by atoms with Crippen molar-refractivity contribution in [3.63, 3.8) is 0 Å². The van der Waals surface area contributed by atoms with Crippen LogP contribution in [-0.2, 0) is 4.79 Å². The van der Waals surface area contributed by atoms with Gasteiger partial charge >= 0.3 is 0 Å². The molecule has 0 spiro atoms. The van der Waals surface area contributed by atoms with Crippen molar-refractivity contribution >= 4 is 5.91 Å². The number of hydrogen-bond donors (Lipinski definition) is 1. The van der Waals surface area contributed by atoms with Crippen LogP contribution in [0.5, 0.6) is 0 Å². The van der Waals surface area contributed by atoms with Crippen LogP contribution in [0, 0.1) is 5.92 Å². The highest BCUT2D eigenvalue weighted by atomic mass is 16.1. The molecular weight excluding hydrogens is 176 g/mol. The molecular formula is C11H20N2O. The Morgan fingerprint density at radius 1 is 1.36 bits per heavy atom. The van der Waals surface area contributed by atoms with Crippen LogP contribution < -0.4 is 5.32 Å². The number of nitrogens with zero attached hydrogens (tertiary/aromatic N) is 1. The second kappa shape index (κ2) is 3.54. The molecule has 0 aromatic rings. The van der Waals surface area contributed by atoms with Crippen LogP contribution in [0.2, 0.25) is 0 Å². The Labute approximate surface area is 85.8 Å². The highest BCUT2D eigenvalue weighted by Gasteiger charge is 2.40. The molecule has 1 atom stereocenters. The maximum absolute atomic E-state index is 11.2. The number of carbonyl (C=O) groups excluding carboxylic acids is 1. The van der Waals surface area contributed by atoms with E-state index in [0.29, 0.717) is 5.92 Å². The van der Waals surface area contributed by atoms with E-state index in [1.165, 1.54) is 25.9 Å². The number of hydrogen-bond acceptors (Lipinski definition) is 2. The van der Waals surface area contributed by atoms with Crippen molar-refractivity contribution < 1.29 is 4.79 Å². The summed E-state index contributed by atoms with van der Waals surface area (Å²) in [6.45, 7) is 7.43. The predicted octanol–water partition coefficient (Wildman–Crippen LogP) is 0.997. The lowest BCUT2D eigenvalue weighted by atomic mass is 9.79. The average molecular weight is 196 g/mol. The first-order valence-corrected chi connectivity index (χ1v) is 5.61. The van der Waals surface area contributed by atoms with Gasteiger partial charge in [0.2, 0.25) is 5.91 Å². The molecule has 0 radical (unpaired) electrons. The standard InChI is InChI=1S/C11H20N2O/c1-9(14)12-11(2)5-8-13-6-3-10(11)4-7-13/h10H,3-8H2,1-2H3,(H,12,14)/t11-/m1/s1. The fourth-order valence-corrected chi connectivity index (χ4v) is 2.95. The normalized spacial score (nSPS) is 41.9. The molecule has 3 fully saturated rings. The Balaban J connectivity index is 2.12. The van der Waals surface area contributed by atoms with Gasteiger partial charge in [-0.3, -0.25) is 4.79 Å². The van der Waals surface area contributed by atoms with Crippen molar-refractivity contribution in [1.29, 1.82) is 0 Å². The van der Waals surface area contributed by atoms with Gasteiger partial charge in [0.15, 0.2) is 0 Å². The monoisotopic (exact) mass is 196 g/mol. The Kier molecular flexibility index (Phi) is 2.52. The number of nitrogens with one attached hydrogen (secondary N) is 1. The Morgan fingerprint density at radius 2 is 2.00 bits per heavy atom. The number of rotatable bonds is 1. The van der Waals surface area contributed by atoms with Crippen molar-refractivity contribution in [3.05, 3.63) is 0 Å². The van der Waals surface area contributed by atoms with Gasteiger partial charge in [-0.2, -0.15) is 0 Å². The van der Waals surface area contributed by atoms with Gasteiger partial charge in [-0.05, 0) is 45.2 Å². The van der Waals surface area contributed by atoms with Gasteiger partial charge in [-0.15, -0.1) is 0 Å². The summed E-state index contributed by atoms with van der Waals surface area (Å²) in [7, 11) is 0. The maximum Gasteiger partial charge on any atom is 0.217 e. The van der Waals surface area contributed by atoms with Gasteiger partial charge in [0.05, 0.1) is 0 Å². The highest BCUT2D eigenvalue weighted by molar-refractivity contribution is 5.73. The molecule has 0 aromatic heterocycles. The molecule has 0 saturated carbocycles. The molecule has 1 amide bonds. The Morgan fingerprint density at radius 3 is 2.57 bits per heavy atom. The second-order valence-corrected chi connectivity index (χ2v) is 4.96. The highest BCUT2D eigenvalue weighted by Crippen LogP contribution is 2.34. The fourth-order valence-electron chi connectivity index (χ4n) is 2.95. The SMILES string of the molecule is CC(=O)N[C@]1(C)CCN2CCC1CC2. The lowest BCUT2D eigenvalue weighted by Gasteiger charge is -2.37. The van der Waals surface area contributed by atoms with E-state index in [0.717, 1.165) is 13.0 Å². The lowest BCUT2D eigenvalue weighted by molar-refractivity contribution is -0.121. The first-order valence-electron chi connectivity index (χ1n) is 5.61. The maximum atomic E-state index is 11.2. The minimum Gasteiger partial charge on any atom is -0.351 e. The largest absolute Gasteiger partial charge is 0.351 e. The molecule has 0 aliphatic carbocycles. The van der Waals surface area contributed by atoms with Crippen LogP contribution in [0.1, 0.15) is 33.1 Å². The molecule has 0 aromatic carbocycles. The molecule has 14 heavy (non-hydrogen) atoms. The van der Waals surface area contributed by atoms with Crippen molar-refractivity contribution in [3.8, 4) is 0 Å². The quantitative estimate of drug-likeness (QED) is 0.678. The summed E-state index contributed by atoms with van der Waals surface area (Å²) in [4.78, 5) is 13.7. The summed E-state index contributed by atoms with van der Waals surface area (Å²) in [5.41, 5.74) is 0.0527. The van der Waals surface area contributed by atoms with E-state index in [-0.39, 0.29) is 11.4 Å².